The lowest BCUT2D eigenvalue weighted by Crippen LogP contribution is -2.20. The van der Waals surface area contributed by atoms with Crippen LogP contribution in [-0.4, -0.2) is 17.3 Å². The molecule has 1 aromatic rings. The van der Waals surface area contributed by atoms with Gasteiger partial charge in [0.05, 0.1) is 0 Å². The summed E-state index contributed by atoms with van der Waals surface area (Å²) in [5.41, 5.74) is 0.687. The van der Waals surface area contributed by atoms with Gasteiger partial charge in [-0.3, -0.25) is 4.79 Å². The van der Waals surface area contributed by atoms with Gasteiger partial charge in [-0.15, -0.1) is 0 Å². The van der Waals surface area contributed by atoms with Crippen LogP contribution >= 0.6 is 7.14 Å². The maximum absolute atomic E-state index is 14.0. The minimum Gasteiger partial charge on any atom is -0.315 e. The molecule has 0 spiro atoms. The maximum atomic E-state index is 14.0. The van der Waals surface area contributed by atoms with Gasteiger partial charge in [0.15, 0.2) is 7.14 Å². The van der Waals surface area contributed by atoms with Crippen LogP contribution in [0.15, 0.2) is 30.3 Å². The molecule has 0 amide bonds. The summed E-state index contributed by atoms with van der Waals surface area (Å²) < 4.78 is 14.0. The van der Waals surface area contributed by atoms with Crippen molar-refractivity contribution in [3.8, 4) is 0 Å². The first-order valence-corrected chi connectivity index (χ1v) is 12.0. The Balaban J connectivity index is 2.15. The average Bonchev–Trinajstić information content (AvgIpc) is 3.08. The molecular weight excluding hydrogens is 327 g/mol. The number of carbonyl (C=O) groups excluding carboxylic acids is 1. The monoisotopic (exact) mass is 362 g/mol. The van der Waals surface area contributed by atoms with E-state index in [1.807, 2.05) is 30.3 Å². The Morgan fingerprint density at radius 1 is 1.00 bits per heavy atom. The van der Waals surface area contributed by atoms with Gasteiger partial charge >= 0.3 is 0 Å². The smallest absolute Gasteiger partial charge is 0.221 e. The Bertz CT molecular complexity index is 587. The molecule has 1 saturated carbocycles. The summed E-state index contributed by atoms with van der Waals surface area (Å²) in [6.45, 7) is 8.99. The van der Waals surface area contributed by atoms with Crippen LogP contribution in [0.5, 0.6) is 0 Å². The Morgan fingerprint density at radius 2 is 1.60 bits per heavy atom. The van der Waals surface area contributed by atoms with Gasteiger partial charge in [0.2, 0.25) is 5.52 Å². The Hall–Kier alpha value is -0.880. The second-order valence-corrected chi connectivity index (χ2v) is 11.8. The van der Waals surface area contributed by atoms with Crippen molar-refractivity contribution in [3.05, 3.63) is 35.9 Å². The third-order valence-electron chi connectivity index (χ3n) is 5.54. The van der Waals surface area contributed by atoms with E-state index in [1.54, 1.807) is 0 Å². The SMILES string of the molecule is CC(C)CC(C)CC(C)CP(=O)(C(=O)c1ccccc1)C1CCCC1. The zero-order chi connectivity index (χ0) is 18.4. The van der Waals surface area contributed by atoms with Gasteiger partial charge in [0.1, 0.15) is 0 Å². The van der Waals surface area contributed by atoms with Gasteiger partial charge in [0, 0.05) is 17.4 Å². The number of rotatable bonds is 9. The molecule has 0 aliphatic heterocycles. The highest BCUT2D eigenvalue weighted by Crippen LogP contribution is 2.60. The fraction of sp³-hybridized carbons (Fsp3) is 0.682. The van der Waals surface area contributed by atoms with Gasteiger partial charge in [-0.25, -0.2) is 0 Å². The third-order valence-corrected chi connectivity index (χ3v) is 9.35. The van der Waals surface area contributed by atoms with Gasteiger partial charge in [0.25, 0.3) is 0 Å². The van der Waals surface area contributed by atoms with Gasteiger partial charge in [-0.05, 0) is 43.4 Å². The molecule has 1 aliphatic carbocycles. The van der Waals surface area contributed by atoms with Gasteiger partial charge < -0.3 is 4.57 Å². The molecule has 2 nitrogen and oxygen atoms in total. The highest BCUT2D eigenvalue weighted by Gasteiger charge is 2.42. The van der Waals surface area contributed by atoms with E-state index in [1.165, 1.54) is 6.42 Å². The lowest BCUT2D eigenvalue weighted by molar-refractivity contribution is 0.107. The topological polar surface area (TPSA) is 34.1 Å². The van der Waals surface area contributed by atoms with Crippen molar-refractivity contribution in [1.82, 2.24) is 0 Å². The second-order valence-electron chi connectivity index (χ2n) is 8.66. The summed E-state index contributed by atoms with van der Waals surface area (Å²) in [6.07, 6.45) is 7.02. The standard InChI is InChI=1S/C22H35O2P/c1-17(2)14-18(3)15-19(4)16-25(24,21-12-8-9-13-21)22(23)20-10-6-5-7-11-20/h5-7,10-11,17-19,21H,8-9,12-16H2,1-4H3. The van der Waals surface area contributed by atoms with Crippen molar-refractivity contribution in [2.24, 2.45) is 17.8 Å². The largest absolute Gasteiger partial charge is 0.315 e. The molecule has 3 atom stereocenters. The predicted molar refractivity (Wildman–Crippen MR) is 108 cm³/mol. The van der Waals surface area contributed by atoms with E-state index in [0.717, 1.165) is 32.1 Å². The first-order chi connectivity index (χ1) is 11.8. The number of benzene rings is 1. The van der Waals surface area contributed by atoms with Crippen LogP contribution < -0.4 is 0 Å². The van der Waals surface area contributed by atoms with E-state index in [0.29, 0.717) is 29.5 Å². The van der Waals surface area contributed by atoms with Crippen molar-refractivity contribution in [2.45, 2.75) is 71.9 Å². The molecule has 3 unspecified atom stereocenters. The summed E-state index contributed by atoms with van der Waals surface area (Å²) in [4.78, 5) is 13.2. The molecule has 3 heteroatoms. The molecule has 0 heterocycles. The second kappa shape index (κ2) is 9.17. The Labute approximate surface area is 154 Å². The number of hydrogen-bond donors (Lipinski definition) is 0. The molecule has 2 rings (SSSR count). The predicted octanol–water partition coefficient (Wildman–Crippen LogP) is 6.84. The van der Waals surface area contributed by atoms with Crippen LogP contribution in [-0.2, 0) is 4.57 Å². The normalized spacial score (nSPS) is 20.4. The summed E-state index contributed by atoms with van der Waals surface area (Å²) in [5.74, 6) is 1.65. The fourth-order valence-corrected chi connectivity index (χ4v) is 8.30. The van der Waals surface area contributed by atoms with Crippen molar-refractivity contribution >= 4 is 12.7 Å². The highest BCUT2D eigenvalue weighted by atomic mass is 31.2. The van der Waals surface area contributed by atoms with Crippen molar-refractivity contribution in [2.75, 3.05) is 6.16 Å². The molecule has 0 radical (unpaired) electrons. The number of carbonyl (C=O) groups is 1. The molecule has 140 valence electrons. The van der Waals surface area contributed by atoms with Crippen molar-refractivity contribution in [3.63, 3.8) is 0 Å². The highest BCUT2D eigenvalue weighted by molar-refractivity contribution is 7.81. The van der Waals surface area contributed by atoms with Crippen LogP contribution in [0.25, 0.3) is 0 Å². The van der Waals surface area contributed by atoms with Crippen LogP contribution in [0.2, 0.25) is 0 Å². The van der Waals surface area contributed by atoms with Crippen molar-refractivity contribution in [1.29, 1.82) is 0 Å². The lowest BCUT2D eigenvalue weighted by Gasteiger charge is -2.27. The minimum atomic E-state index is -2.87. The third kappa shape index (κ3) is 5.55. The zero-order valence-electron chi connectivity index (χ0n) is 16.4. The molecule has 1 aromatic carbocycles. The average molecular weight is 362 g/mol. The Kier molecular flexibility index (Phi) is 7.50. The summed E-state index contributed by atoms with van der Waals surface area (Å²) in [7, 11) is -2.87. The first kappa shape index (κ1) is 20.4. The Morgan fingerprint density at radius 3 is 2.16 bits per heavy atom. The van der Waals surface area contributed by atoms with E-state index < -0.39 is 7.14 Å². The molecule has 1 aliphatic rings. The van der Waals surface area contributed by atoms with Gasteiger partial charge in [-0.2, -0.15) is 0 Å². The quantitative estimate of drug-likeness (QED) is 0.451. The van der Waals surface area contributed by atoms with Crippen LogP contribution in [0.3, 0.4) is 0 Å². The first-order valence-electron chi connectivity index (χ1n) is 10.0. The molecule has 0 N–H and O–H groups in total. The van der Waals surface area contributed by atoms with E-state index in [4.69, 9.17) is 0 Å². The van der Waals surface area contributed by atoms with Crippen LogP contribution in [0.1, 0.15) is 76.6 Å². The fourth-order valence-electron chi connectivity index (χ4n) is 4.64. The van der Waals surface area contributed by atoms with Gasteiger partial charge in [-0.1, -0.05) is 70.9 Å². The van der Waals surface area contributed by atoms with E-state index >= 15 is 0 Å². The minimum absolute atomic E-state index is 0.0663. The molecule has 0 aromatic heterocycles. The molecular formula is C22H35O2P. The van der Waals surface area contributed by atoms with E-state index in [2.05, 4.69) is 27.7 Å². The van der Waals surface area contributed by atoms with Crippen LogP contribution in [0, 0.1) is 17.8 Å². The summed E-state index contributed by atoms with van der Waals surface area (Å²) in [6, 6.07) is 9.32. The summed E-state index contributed by atoms with van der Waals surface area (Å²) in [5, 5.41) is 0. The molecule has 25 heavy (non-hydrogen) atoms. The number of hydrogen-bond acceptors (Lipinski definition) is 2. The van der Waals surface area contributed by atoms with E-state index in [-0.39, 0.29) is 11.2 Å². The van der Waals surface area contributed by atoms with Crippen LogP contribution in [0.4, 0.5) is 0 Å². The maximum Gasteiger partial charge on any atom is 0.221 e. The molecule has 0 bridgehead atoms. The molecule has 0 saturated heterocycles. The summed E-state index contributed by atoms with van der Waals surface area (Å²) >= 11 is 0. The van der Waals surface area contributed by atoms with E-state index in [9.17, 15) is 9.36 Å². The molecule has 1 fully saturated rings. The van der Waals surface area contributed by atoms with Crippen molar-refractivity contribution < 1.29 is 9.36 Å². The zero-order valence-corrected chi connectivity index (χ0v) is 17.3. The lowest BCUT2D eigenvalue weighted by atomic mass is 9.91.